The van der Waals surface area contributed by atoms with Crippen molar-refractivity contribution in [3.63, 3.8) is 0 Å². The molecule has 0 aliphatic carbocycles. The fourth-order valence-electron chi connectivity index (χ4n) is 3.06. The summed E-state index contributed by atoms with van der Waals surface area (Å²) in [6.45, 7) is 1.72. The highest BCUT2D eigenvalue weighted by atomic mass is 35.5. The van der Waals surface area contributed by atoms with Crippen molar-refractivity contribution in [1.29, 1.82) is 0 Å². The number of fused-ring (bicyclic) bond motifs is 3. The van der Waals surface area contributed by atoms with Crippen LogP contribution in [0, 0.1) is 0 Å². The number of nitrogens with zero attached hydrogens (tertiary/aromatic N) is 2. The minimum atomic E-state index is -0.295. The largest absolute Gasteiger partial charge is 0.495 e. The van der Waals surface area contributed by atoms with Gasteiger partial charge in [0.25, 0.3) is 5.91 Å². The van der Waals surface area contributed by atoms with Gasteiger partial charge in [-0.15, -0.1) is 0 Å². The highest BCUT2D eigenvalue weighted by molar-refractivity contribution is 6.46. The number of rotatable bonds is 2. The summed E-state index contributed by atoms with van der Waals surface area (Å²) in [6.07, 6.45) is 2.26. The maximum atomic E-state index is 12.4. The Morgan fingerprint density at radius 2 is 2.17 bits per heavy atom. The van der Waals surface area contributed by atoms with E-state index in [1.807, 2.05) is 6.07 Å². The molecule has 0 spiro atoms. The van der Waals surface area contributed by atoms with Gasteiger partial charge in [-0.05, 0) is 17.2 Å². The highest BCUT2D eigenvalue weighted by Gasteiger charge is 2.34. The van der Waals surface area contributed by atoms with Crippen molar-refractivity contribution < 1.29 is 14.3 Å². The molecule has 120 valence electrons. The van der Waals surface area contributed by atoms with Crippen LogP contribution in [0.5, 0.6) is 5.75 Å². The first-order valence-electron chi connectivity index (χ1n) is 7.33. The number of carbonyl (C=O) groups is 1. The molecule has 1 aromatic carbocycles. The molecule has 2 aliphatic rings. The third-order valence-corrected chi connectivity index (χ3v) is 5.27. The predicted molar refractivity (Wildman–Crippen MR) is 86.9 cm³/mol. The number of benzene rings is 1. The zero-order chi connectivity index (χ0) is 16.1. The number of methoxy groups -OCH3 is 1. The van der Waals surface area contributed by atoms with Gasteiger partial charge in [-0.25, -0.2) is 0 Å². The maximum absolute atomic E-state index is 12.4. The van der Waals surface area contributed by atoms with Gasteiger partial charge < -0.3 is 14.4 Å². The van der Waals surface area contributed by atoms with Gasteiger partial charge >= 0.3 is 0 Å². The molecule has 5 nitrogen and oxygen atoms in total. The van der Waals surface area contributed by atoms with Crippen molar-refractivity contribution in [2.75, 3.05) is 13.7 Å². The number of ether oxygens (including phenoxy) is 2. The van der Waals surface area contributed by atoms with Crippen LogP contribution in [0.25, 0.3) is 10.9 Å². The second-order valence-corrected chi connectivity index (χ2v) is 6.46. The number of halogens is 2. The second kappa shape index (κ2) is 5.51. The lowest BCUT2D eigenvalue weighted by Crippen LogP contribution is -2.43. The molecule has 1 fully saturated rings. The average molecular weight is 353 g/mol. The molecule has 1 aromatic heterocycles. The second-order valence-electron chi connectivity index (χ2n) is 5.71. The lowest BCUT2D eigenvalue weighted by Gasteiger charge is -2.29. The van der Waals surface area contributed by atoms with Crippen LogP contribution in [0.3, 0.4) is 0 Å². The van der Waals surface area contributed by atoms with Gasteiger partial charge in [0.05, 0.1) is 24.3 Å². The molecule has 0 radical (unpaired) electrons. The number of hydrogen-bond acceptors (Lipinski definition) is 4. The molecule has 0 bridgehead atoms. The van der Waals surface area contributed by atoms with Crippen LogP contribution in [0.4, 0.5) is 0 Å². The molecule has 1 saturated heterocycles. The lowest BCUT2D eigenvalue weighted by atomic mass is 10.1. The van der Waals surface area contributed by atoms with Crippen LogP contribution in [0.2, 0.25) is 10.0 Å². The number of pyridine rings is 1. The summed E-state index contributed by atoms with van der Waals surface area (Å²) in [4.78, 5) is 18.6. The van der Waals surface area contributed by atoms with Gasteiger partial charge in [-0.3, -0.25) is 9.78 Å². The van der Waals surface area contributed by atoms with E-state index >= 15 is 0 Å². The summed E-state index contributed by atoms with van der Waals surface area (Å²) in [5.74, 6) is 0.541. The smallest absolute Gasteiger partial charge is 0.252 e. The van der Waals surface area contributed by atoms with Crippen molar-refractivity contribution in [1.82, 2.24) is 9.88 Å². The third-order valence-electron chi connectivity index (χ3n) is 4.43. The van der Waals surface area contributed by atoms with Crippen molar-refractivity contribution >= 4 is 40.0 Å². The fourth-order valence-corrected chi connectivity index (χ4v) is 3.52. The van der Waals surface area contributed by atoms with Crippen molar-refractivity contribution in [3.8, 4) is 5.75 Å². The Kier molecular flexibility index (Phi) is 3.59. The zero-order valence-corrected chi connectivity index (χ0v) is 13.9. The SMILES string of the molecule is COc1cc2c3c(cnc2c(Cl)c1Cl)CN(C(=O)[C@H]1CCO1)C3. The van der Waals surface area contributed by atoms with Crippen LogP contribution in [0.15, 0.2) is 12.3 Å². The minimum absolute atomic E-state index is 0.0348. The summed E-state index contributed by atoms with van der Waals surface area (Å²) in [7, 11) is 1.55. The molecule has 2 aromatic rings. The number of carbonyl (C=O) groups excluding carboxylic acids is 1. The molecular formula is C16H14Cl2N2O3. The van der Waals surface area contributed by atoms with Gasteiger partial charge in [0.15, 0.2) is 0 Å². The van der Waals surface area contributed by atoms with E-state index in [0.717, 1.165) is 22.9 Å². The molecule has 7 heteroatoms. The number of hydrogen-bond donors (Lipinski definition) is 0. The number of amides is 1. The van der Waals surface area contributed by atoms with Crippen molar-refractivity contribution in [2.24, 2.45) is 0 Å². The van der Waals surface area contributed by atoms with Gasteiger partial charge in [0.2, 0.25) is 0 Å². The summed E-state index contributed by atoms with van der Waals surface area (Å²) in [5, 5.41) is 1.59. The molecule has 0 saturated carbocycles. The Hall–Kier alpha value is -1.56. The Morgan fingerprint density at radius 3 is 2.83 bits per heavy atom. The molecule has 3 heterocycles. The molecule has 1 amide bonds. The van der Waals surface area contributed by atoms with E-state index in [1.165, 1.54) is 0 Å². The Labute approximate surface area is 143 Å². The Bertz CT molecular complexity index is 821. The van der Waals surface area contributed by atoms with Crippen LogP contribution >= 0.6 is 23.2 Å². The fraction of sp³-hybridized carbons (Fsp3) is 0.375. The van der Waals surface area contributed by atoms with Gasteiger partial charge in [0, 0.05) is 31.1 Å². The molecule has 0 unspecified atom stereocenters. The minimum Gasteiger partial charge on any atom is -0.495 e. The van der Waals surface area contributed by atoms with Crippen LogP contribution in [-0.4, -0.2) is 35.6 Å². The zero-order valence-electron chi connectivity index (χ0n) is 12.4. The molecule has 2 aliphatic heterocycles. The van der Waals surface area contributed by atoms with Crippen LogP contribution in [0.1, 0.15) is 17.5 Å². The van der Waals surface area contributed by atoms with E-state index in [9.17, 15) is 4.79 Å². The van der Waals surface area contributed by atoms with E-state index in [4.69, 9.17) is 32.7 Å². The standard InChI is InChI=1S/C16H14Cl2N2O3/c1-22-12-4-9-10-7-20(16(21)11-2-3-23-11)6-8(10)5-19-15(9)14(18)13(12)17/h4-5,11H,2-3,6-7H2,1H3/t11-/m1/s1. The normalized spacial score (nSPS) is 19.6. The Morgan fingerprint density at radius 1 is 1.39 bits per heavy atom. The third kappa shape index (κ3) is 2.26. The molecule has 4 rings (SSSR count). The summed E-state index contributed by atoms with van der Waals surface area (Å²) >= 11 is 12.5. The van der Waals surface area contributed by atoms with E-state index in [-0.39, 0.29) is 12.0 Å². The highest BCUT2D eigenvalue weighted by Crippen LogP contribution is 2.41. The van der Waals surface area contributed by atoms with E-state index in [0.29, 0.717) is 41.0 Å². The van der Waals surface area contributed by atoms with E-state index in [2.05, 4.69) is 4.98 Å². The molecule has 23 heavy (non-hydrogen) atoms. The van der Waals surface area contributed by atoms with E-state index < -0.39 is 0 Å². The van der Waals surface area contributed by atoms with E-state index in [1.54, 1.807) is 18.2 Å². The monoisotopic (exact) mass is 352 g/mol. The summed E-state index contributed by atoms with van der Waals surface area (Å²) < 4.78 is 10.6. The Balaban J connectivity index is 1.77. The van der Waals surface area contributed by atoms with Gasteiger partial charge in [-0.1, -0.05) is 23.2 Å². The van der Waals surface area contributed by atoms with Crippen LogP contribution in [-0.2, 0) is 22.6 Å². The van der Waals surface area contributed by atoms with Crippen LogP contribution < -0.4 is 4.74 Å². The summed E-state index contributed by atoms with van der Waals surface area (Å²) in [5.41, 5.74) is 2.69. The van der Waals surface area contributed by atoms with Crippen molar-refractivity contribution in [3.05, 3.63) is 33.4 Å². The number of aromatic nitrogens is 1. The topological polar surface area (TPSA) is 51.7 Å². The first-order valence-corrected chi connectivity index (χ1v) is 8.08. The molecular weight excluding hydrogens is 339 g/mol. The first kappa shape index (κ1) is 15.0. The quantitative estimate of drug-likeness (QED) is 0.832. The predicted octanol–water partition coefficient (Wildman–Crippen LogP) is 3.18. The maximum Gasteiger partial charge on any atom is 0.252 e. The van der Waals surface area contributed by atoms with Gasteiger partial charge in [0.1, 0.15) is 16.9 Å². The lowest BCUT2D eigenvalue weighted by molar-refractivity contribution is -0.156. The summed E-state index contributed by atoms with van der Waals surface area (Å²) in [6, 6.07) is 1.84. The average Bonchev–Trinajstić information content (AvgIpc) is 2.93. The van der Waals surface area contributed by atoms with Crippen molar-refractivity contribution in [2.45, 2.75) is 25.6 Å². The van der Waals surface area contributed by atoms with Gasteiger partial charge in [-0.2, -0.15) is 0 Å². The molecule has 0 N–H and O–H groups in total. The first-order chi connectivity index (χ1) is 11.1. The molecule has 1 atom stereocenters.